The third-order valence-electron chi connectivity index (χ3n) is 2.53. The van der Waals surface area contributed by atoms with Crippen LogP contribution in [0.1, 0.15) is 27.0 Å². The third-order valence-corrected chi connectivity index (χ3v) is 3.68. The van der Waals surface area contributed by atoms with Gasteiger partial charge >= 0.3 is 0 Å². The van der Waals surface area contributed by atoms with E-state index in [1.807, 2.05) is 48.6 Å². The summed E-state index contributed by atoms with van der Waals surface area (Å²) in [6, 6.07) is 11.7. The Bertz CT molecular complexity index is 564. The Kier molecular flexibility index (Phi) is 3.95. The number of carbonyl (C=O) groups is 1. The zero-order chi connectivity index (χ0) is 13.0. The maximum atomic E-state index is 11.2. The average molecular weight is 258 g/mol. The molecule has 0 unspecified atom stereocenters. The summed E-state index contributed by atoms with van der Waals surface area (Å²) in [6.45, 7) is 1.59. The minimum Gasteiger partial charge on any atom is -0.497 e. The highest BCUT2D eigenvalue weighted by molar-refractivity contribution is 7.14. The van der Waals surface area contributed by atoms with E-state index in [1.54, 1.807) is 14.0 Å². The summed E-state index contributed by atoms with van der Waals surface area (Å²) in [5.41, 5.74) is 1.11. The van der Waals surface area contributed by atoms with Crippen molar-refractivity contribution in [2.45, 2.75) is 6.92 Å². The third kappa shape index (κ3) is 3.08. The van der Waals surface area contributed by atoms with E-state index in [9.17, 15) is 4.79 Å². The van der Waals surface area contributed by atoms with Crippen LogP contribution in [0.25, 0.3) is 12.2 Å². The van der Waals surface area contributed by atoms with Crippen molar-refractivity contribution >= 4 is 29.3 Å². The van der Waals surface area contributed by atoms with Crippen LogP contribution in [-0.4, -0.2) is 12.9 Å². The maximum Gasteiger partial charge on any atom is 0.169 e. The number of ketones is 1. The number of hydrogen-bond acceptors (Lipinski definition) is 3. The Labute approximate surface area is 111 Å². The van der Waals surface area contributed by atoms with Gasteiger partial charge < -0.3 is 4.74 Å². The molecule has 0 fully saturated rings. The number of Topliss-reactive ketones (excluding diaryl/α,β-unsaturated/α-hetero) is 1. The van der Waals surface area contributed by atoms with Gasteiger partial charge in [0, 0.05) is 4.88 Å². The van der Waals surface area contributed by atoms with Crippen molar-refractivity contribution in [2.75, 3.05) is 7.11 Å². The molecule has 0 spiro atoms. The van der Waals surface area contributed by atoms with Crippen LogP contribution in [-0.2, 0) is 0 Å². The first-order valence-electron chi connectivity index (χ1n) is 5.62. The first-order valence-corrected chi connectivity index (χ1v) is 6.43. The summed E-state index contributed by atoms with van der Waals surface area (Å²) in [7, 11) is 1.65. The smallest absolute Gasteiger partial charge is 0.169 e. The van der Waals surface area contributed by atoms with Crippen LogP contribution in [0.15, 0.2) is 36.4 Å². The van der Waals surface area contributed by atoms with Crippen molar-refractivity contribution < 1.29 is 9.53 Å². The molecule has 0 saturated heterocycles. The molecule has 0 amide bonds. The second-order valence-electron chi connectivity index (χ2n) is 3.86. The van der Waals surface area contributed by atoms with Crippen LogP contribution < -0.4 is 4.74 Å². The van der Waals surface area contributed by atoms with Crippen LogP contribution in [0.4, 0.5) is 0 Å². The van der Waals surface area contributed by atoms with Gasteiger partial charge in [-0.05, 0) is 42.8 Å². The van der Waals surface area contributed by atoms with Crippen molar-refractivity contribution in [3.63, 3.8) is 0 Å². The van der Waals surface area contributed by atoms with E-state index in [0.29, 0.717) is 0 Å². The Morgan fingerprint density at radius 2 is 1.83 bits per heavy atom. The molecule has 0 aliphatic rings. The molecule has 18 heavy (non-hydrogen) atoms. The number of rotatable bonds is 4. The topological polar surface area (TPSA) is 26.3 Å². The first kappa shape index (κ1) is 12.6. The SMILES string of the molecule is COc1ccc(/C=C/c2ccc(C(C)=O)s2)cc1. The van der Waals surface area contributed by atoms with Gasteiger partial charge in [0.2, 0.25) is 0 Å². The van der Waals surface area contributed by atoms with Gasteiger partial charge in [-0.3, -0.25) is 4.79 Å². The van der Waals surface area contributed by atoms with Crippen LogP contribution in [0.3, 0.4) is 0 Å². The summed E-state index contributed by atoms with van der Waals surface area (Å²) in [5.74, 6) is 0.964. The minimum absolute atomic E-state index is 0.115. The fraction of sp³-hybridized carbons (Fsp3) is 0.133. The van der Waals surface area contributed by atoms with Crippen LogP contribution in [0, 0.1) is 0 Å². The second-order valence-corrected chi connectivity index (χ2v) is 4.98. The van der Waals surface area contributed by atoms with Crippen molar-refractivity contribution in [1.82, 2.24) is 0 Å². The summed E-state index contributed by atoms with van der Waals surface area (Å²) >= 11 is 1.51. The molecule has 92 valence electrons. The van der Waals surface area contributed by atoms with Gasteiger partial charge in [0.15, 0.2) is 5.78 Å². The Morgan fingerprint density at radius 3 is 2.39 bits per heavy atom. The number of hydrogen-bond donors (Lipinski definition) is 0. The van der Waals surface area contributed by atoms with Gasteiger partial charge in [-0.1, -0.05) is 18.2 Å². The average Bonchev–Trinajstić information content (AvgIpc) is 2.86. The molecule has 2 rings (SSSR count). The van der Waals surface area contributed by atoms with E-state index in [-0.39, 0.29) is 5.78 Å². The van der Waals surface area contributed by atoms with Crippen LogP contribution in [0.2, 0.25) is 0 Å². The molecule has 1 aromatic carbocycles. The van der Waals surface area contributed by atoms with E-state index in [2.05, 4.69) is 0 Å². The summed E-state index contributed by atoms with van der Waals surface area (Å²) in [5, 5.41) is 0. The van der Waals surface area contributed by atoms with Crippen LogP contribution >= 0.6 is 11.3 Å². The van der Waals surface area contributed by atoms with Gasteiger partial charge in [0.25, 0.3) is 0 Å². The lowest BCUT2D eigenvalue weighted by Crippen LogP contribution is -1.83. The van der Waals surface area contributed by atoms with Crippen molar-refractivity contribution in [2.24, 2.45) is 0 Å². The lowest BCUT2D eigenvalue weighted by atomic mass is 10.2. The number of carbonyl (C=O) groups excluding carboxylic acids is 1. The molecule has 0 aliphatic carbocycles. The molecular formula is C15H14O2S. The fourth-order valence-corrected chi connectivity index (χ4v) is 2.33. The zero-order valence-corrected chi connectivity index (χ0v) is 11.2. The van der Waals surface area contributed by atoms with E-state index in [1.165, 1.54) is 11.3 Å². The van der Waals surface area contributed by atoms with E-state index >= 15 is 0 Å². The quantitative estimate of drug-likeness (QED) is 0.771. The predicted molar refractivity (Wildman–Crippen MR) is 76.2 cm³/mol. The second kappa shape index (κ2) is 5.65. The Hall–Kier alpha value is -1.87. The van der Waals surface area contributed by atoms with E-state index in [0.717, 1.165) is 21.1 Å². The summed E-state index contributed by atoms with van der Waals surface area (Å²) < 4.78 is 5.10. The minimum atomic E-state index is 0.115. The zero-order valence-electron chi connectivity index (χ0n) is 10.3. The highest BCUT2D eigenvalue weighted by Crippen LogP contribution is 2.20. The van der Waals surface area contributed by atoms with Gasteiger partial charge in [-0.2, -0.15) is 0 Å². The monoisotopic (exact) mass is 258 g/mol. The van der Waals surface area contributed by atoms with Gasteiger partial charge in [0.05, 0.1) is 12.0 Å². The number of ether oxygens (including phenoxy) is 1. The molecular weight excluding hydrogens is 244 g/mol. The molecule has 0 saturated carbocycles. The molecule has 2 aromatic rings. The molecule has 3 heteroatoms. The summed E-state index contributed by atoms with van der Waals surface area (Å²) in [4.78, 5) is 13.1. The molecule has 0 atom stereocenters. The van der Waals surface area contributed by atoms with Gasteiger partial charge in [-0.15, -0.1) is 11.3 Å². The molecule has 1 aromatic heterocycles. The predicted octanol–water partition coefficient (Wildman–Crippen LogP) is 4.13. The van der Waals surface area contributed by atoms with Crippen LogP contribution in [0.5, 0.6) is 5.75 Å². The van der Waals surface area contributed by atoms with Crippen molar-refractivity contribution in [3.05, 3.63) is 51.7 Å². The molecule has 0 N–H and O–H groups in total. The Morgan fingerprint density at radius 1 is 1.11 bits per heavy atom. The lowest BCUT2D eigenvalue weighted by Gasteiger charge is -1.98. The molecule has 0 aliphatic heterocycles. The van der Waals surface area contributed by atoms with Crippen molar-refractivity contribution in [1.29, 1.82) is 0 Å². The maximum absolute atomic E-state index is 11.2. The number of benzene rings is 1. The van der Waals surface area contributed by atoms with E-state index < -0.39 is 0 Å². The first-order chi connectivity index (χ1) is 8.69. The fourth-order valence-electron chi connectivity index (χ4n) is 1.53. The van der Waals surface area contributed by atoms with Gasteiger partial charge in [0.1, 0.15) is 5.75 Å². The van der Waals surface area contributed by atoms with E-state index in [4.69, 9.17) is 4.74 Å². The molecule has 0 radical (unpaired) electrons. The largest absolute Gasteiger partial charge is 0.497 e. The highest BCUT2D eigenvalue weighted by atomic mass is 32.1. The van der Waals surface area contributed by atoms with Gasteiger partial charge in [-0.25, -0.2) is 0 Å². The Balaban J connectivity index is 2.11. The lowest BCUT2D eigenvalue weighted by molar-refractivity contribution is 0.102. The molecule has 0 bridgehead atoms. The normalized spacial score (nSPS) is 10.8. The standard InChI is InChI=1S/C15H14O2S/c1-11(16)15-10-9-14(18-15)8-5-12-3-6-13(17-2)7-4-12/h3-10H,1-2H3/b8-5+. The number of methoxy groups -OCH3 is 1. The highest BCUT2D eigenvalue weighted by Gasteiger charge is 2.01. The molecule has 1 heterocycles. The summed E-state index contributed by atoms with van der Waals surface area (Å²) in [6.07, 6.45) is 4.04. The van der Waals surface area contributed by atoms with Crippen molar-refractivity contribution in [3.8, 4) is 5.75 Å². The number of thiophene rings is 1. The molecule has 2 nitrogen and oxygen atoms in total.